The highest BCUT2D eigenvalue weighted by Crippen LogP contribution is 2.59. The summed E-state index contributed by atoms with van der Waals surface area (Å²) in [4.78, 5) is 36.6. The molecule has 0 aliphatic heterocycles. The van der Waals surface area contributed by atoms with Gasteiger partial charge < -0.3 is 10.1 Å². The van der Waals surface area contributed by atoms with Crippen LogP contribution in [0.3, 0.4) is 0 Å². The van der Waals surface area contributed by atoms with Crippen LogP contribution in [-0.4, -0.2) is 65.7 Å². The summed E-state index contributed by atoms with van der Waals surface area (Å²) >= 11 is 0. The van der Waals surface area contributed by atoms with Gasteiger partial charge >= 0.3 is 6.09 Å². The molecule has 8 nitrogen and oxygen atoms in total. The maximum absolute atomic E-state index is 13.3. The van der Waals surface area contributed by atoms with Gasteiger partial charge in [0.1, 0.15) is 28.8 Å². The van der Waals surface area contributed by atoms with Crippen molar-refractivity contribution in [2.75, 3.05) is 12.4 Å². The van der Waals surface area contributed by atoms with Gasteiger partial charge in [-0.15, -0.1) is 0 Å². The van der Waals surface area contributed by atoms with Crippen LogP contribution in [0.2, 0.25) is 0 Å². The molecule has 0 aliphatic rings. The Kier molecular flexibility index (Phi) is 10.0. The Morgan fingerprint density at radius 1 is 1.02 bits per heavy atom. The molecule has 0 bridgehead atoms. The zero-order valence-corrected chi connectivity index (χ0v) is 28.0. The number of anilines is 1. The lowest BCUT2D eigenvalue weighted by Gasteiger charge is -2.46. The highest BCUT2D eigenvalue weighted by Gasteiger charge is 2.33. The van der Waals surface area contributed by atoms with E-state index in [1.807, 2.05) is 43.5 Å². The number of fused-ring (bicyclic) bond motifs is 1. The van der Waals surface area contributed by atoms with Crippen molar-refractivity contribution in [3.05, 3.63) is 47.9 Å². The first kappa shape index (κ1) is 33.0. The smallest absolute Gasteiger partial charge is 0.410 e. The van der Waals surface area contributed by atoms with Crippen molar-refractivity contribution >= 4 is 33.5 Å². The van der Waals surface area contributed by atoms with E-state index in [9.17, 15) is 9.59 Å². The van der Waals surface area contributed by atoms with Crippen LogP contribution in [0.4, 0.5) is 10.6 Å². The van der Waals surface area contributed by atoms with Gasteiger partial charge in [-0.3, -0.25) is 14.1 Å². The molecule has 0 aromatic carbocycles. The molecule has 228 valence electrons. The molecule has 0 aliphatic carbocycles. The highest BCUT2D eigenvalue weighted by molar-refractivity contribution is 8.38. The summed E-state index contributed by atoms with van der Waals surface area (Å²) in [5.74, 6) is 3.39. The van der Waals surface area contributed by atoms with E-state index in [-0.39, 0.29) is 5.91 Å². The van der Waals surface area contributed by atoms with Crippen LogP contribution in [0.1, 0.15) is 80.6 Å². The first-order valence-electron chi connectivity index (χ1n) is 14.5. The van der Waals surface area contributed by atoms with Gasteiger partial charge in [0, 0.05) is 18.3 Å². The van der Waals surface area contributed by atoms with E-state index >= 15 is 0 Å². The summed E-state index contributed by atoms with van der Waals surface area (Å²) in [5, 5.41) is 7.86. The molecule has 0 saturated heterocycles. The number of pyridine rings is 2. The molecular weight excluding hydrogens is 546 g/mol. The van der Waals surface area contributed by atoms with Gasteiger partial charge in [0.15, 0.2) is 0 Å². The number of aromatic nitrogens is 3. The summed E-state index contributed by atoms with van der Waals surface area (Å²) in [6.45, 7) is 22.6. The third-order valence-electron chi connectivity index (χ3n) is 7.43. The molecule has 3 aromatic heterocycles. The van der Waals surface area contributed by atoms with Crippen molar-refractivity contribution in [3.63, 3.8) is 0 Å². The topological polar surface area (TPSA) is 88.8 Å². The molecule has 0 spiro atoms. The van der Waals surface area contributed by atoms with Crippen molar-refractivity contribution in [3.8, 4) is 22.4 Å². The normalized spacial score (nSPS) is 13.2. The van der Waals surface area contributed by atoms with Crippen LogP contribution >= 0.6 is 10.0 Å². The second kappa shape index (κ2) is 12.8. The molecule has 0 fully saturated rings. The minimum absolute atomic E-state index is 0.356. The van der Waals surface area contributed by atoms with E-state index in [4.69, 9.17) is 9.72 Å². The third-order valence-corrected chi connectivity index (χ3v) is 12.6. The van der Waals surface area contributed by atoms with E-state index in [0.29, 0.717) is 27.3 Å². The number of ether oxygens (including phenoxy) is 1. The average molecular weight is 594 g/mol. The lowest BCUT2D eigenvalue weighted by Crippen LogP contribution is -2.45. The predicted molar refractivity (Wildman–Crippen MR) is 175 cm³/mol. The van der Waals surface area contributed by atoms with Crippen molar-refractivity contribution in [1.82, 2.24) is 19.3 Å². The van der Waals surface area contributed by atoms with Crippen LogP contribution in [0.5, 0.6) is 0 Å². The summed E-state index contributed by atoms with van der Waals surface area (Å²) < 4.78 is 7.52. The molecule has 3 rings (SSSR count). The highest BCUT2D eigenvalue weighted by atomic mass is 32.3. The van der Waals surface area contributed by atoms with Crippen LogP contribution < -0.4 is 5.32 Å². The van der Waals surface area contributed by atoms with E-state index in [1.54, 1.807) is 34.7 Å². The van der Waals surface area contributed by atoms with Gasteiger partial charge in [-0.2, -0.15) is 10.0 Å². The maximum atomic E-state index is 13.3. The monoisotopic (exact) mass is 593 g/mol. The lowest BCUT2D eigenvalue weighted by molar-refractivity contribution is -0.120. The molecule has 9 heteroatoms. The predicted octanol–water partition coefficient (Wildman–Crippen LogP) is 7.24. The lowest BCUT2D eigenvalue weighted by atomic mass is 10.1. The summed E-state index contributed by atoms with van der Waals surface area (Å²) in [6, 6.07) is 8.96. The number of hydrogen-bond donors (Lipinski definition) is 1. The zero-order valence-electron chi connectivity index (χ0n) is 27.2. The first-order valence-corrected chi connectivity index (χ1v) is 16.3. The summed E-state index contributed by atoms with van der Waals surface area (Å²) in [6.07, 6.45) is 1.25. The largest absolute Gasteiger partial charge is 0.444 e. The van der Waals surface area contributed by atoms with Gasteiger partial charge in [-0.05, 0) is 85.8 Å². The molecule has 1 unspecified atom stereocenters. The number of nitrogens with one attached hydrogen (secondary N) is 1. The second-order valence-electron chi connectivity index (χ2n) is 12.5. The van der Waals surface area contributed by atoms with Gasteiger partial charge in [-0.25, -0.2) is 14.8 Å². The second-order valence-corrected chi connectivity index (χ2v) is 17.1. The fraction of sp³-hybridized carbons (Fsp3) is 0.515. The minimum Gasteiger partial charge on any atom is -0.444 e. The van der Waals surface area contributed by atoms with Gasteiger partial charge in [-0.1, -0.05) is 47.6 Å². The van der Waals surface area contributed by atoms with Crippen LogP contribution in [0, 0.1) is 18.1 Å². The maximum Gasteiger partial charge on any atom is 0.410 e. The van der Waals surface area contributed by atoms with Gasteiger partial charge in [0.25, 0.3) is 0 Å². The number of likely N-dealkylation sites (N-methyl/N-ethyl adjacent to an activating group) is 1. The Labute approximate surface area is 253 Å². The standard InChI is InChI=1S/C33H47N5O3S/c1-21(2)42(22(3)4,23(5)6)17-16-27-18-26(28-20-34-30-15-13-14-24(7)38(28)30)19-29(35-27)36-31(39)25(8)37(12)32(40)41-33(9,10)11/h13-15,18-23,25H,1-12H3,(H,35,36,39). The van der Waals surface area contributed by atoms with E-state index in [1.165, 1.54) is 4.90 Å². The van der Waals surface area contributed by atoms with Gasteiger partial charge in [0.2, 0.25) is 5.91 Å². The Morgan fingerprint density at radius 2 is 1.64 bits per heavy atom. The number of carbonyl (C=O) groups is 2. The zero-order chi connectivity index (χ0) is 31.6. The molecule has 1 atom stereocenters. The Balaban J connectivity index is 2.10. The first-order chi connectivity index (χ1) is 19.5. The van der Waals surface area contributed by atoms with Crippen molar-refractivity contribution in [2.24, 2.45) is 0 Å². The van der Waals surface area contributed by atoms with Crippen molar-refractivity contribution in [2.45, 2.75) is 104 Å². The number of rotatable bonds is 7. The Bertz CT molecular complexity index is 1490. The van der Waals surface area contributed by atoms with Crippen LogP contribution in [0.25, 0.3) is 16.9 Å². The molecule has 1 N–H and O–H groups in total. The van der Waals surface area contributed by atoms with E-state index < -0.39 is 27.8 Å². The van der Waals surface area contributed by atoms with Crippen molar-refractivity contribution < 1.29 is 14.3 Å². The molecule has 2 amide bonds. The van der Waals surface area contributed by atoms with Crippen LogP contribution in [0.15, 0.2) is 36.5 Å². The fourth-order valence-corrected chi connectivity index (χ4v) is 9.49. The summed E-state index contributed by atoms with van der Waals surface area (Å²) in [5.41, 5.74) is 3.47. The quantitative estimate of drug-likeness (QED) is 0.292. The molecule has 3 heterocycles. The molecule has 42 heavy (non-hydrogen) atoms. The molecule has 3 aromatic rings. The average Bonchev–Trinajstić information content (AvgIpc) is 3.32. The number of hydrogen-bond acceptors (Lipinski definition) is 5. The number of aryl methyl sites for hydroxylation is 1. The fourth-order valence-electron chi connectivity index (χ4n) is 5.24. The third kappa shape index (κ3) is 7.09. The molecular formula is C33H47N5O3S. The number of nitrogens with zero attached hydrogens (tertiary/aromatic N) is 4. The Morgan fingerprint density at radius 3 is 2.21 bits per heavy atom. The van der Waals surface area contributed by atoms with Gasteiger partial charge in [0.05, 0.1) is 11.9 Å². The van der Waals surface area contributed by atoms with E-state index in [0.717, 1.165) is 22.6 Å². The van der Waals surface area contributed by atoms with E-state index in [2.05, 4.69) is 67.4 Å². The minimum atomic E-state index is -1.30. The van der Waals surface area contributed by atoms with Crippen LogP contribution in [-0.2, 0) is 9.53 Å². The molecule has 0 saturated carbocycles. The SMILES string of the molecule is Cc1cccc2ncc(-c3cc(C#CS(C(C)C)(C(C)C)C(C)C)nc(NC(=O)C(C)N(C)C(=O)OC(C)(C)C)c3)n12. The summed E-state index contributed by atoms with van der Waals surface area (Å²) in [7, 11) is 0.246. The number of imidazole rings is 1. The number of amides is 2. The Hall–Kier alpha value is -3.51. The molecule has 0 radical (unpaired) electrons. The number of carbonyl (C=O) groups excluding carboxylic acids is 2. The van der Waals surface area contributed by atoms with Crippen molar-refractivity contribution in [1.29, 1.82) is 0 Å².